The maximum atomic E-state index is 13.0. The molecule has 0 aliphatic heterocycles. The van der Waals surface area contributed by atoms with Crippen LogP contribution in [-0.2, 0) is 4.79 Å². The van der Waals surface area contributed by atoms with Gasteiger partial charge in [-0.3, -0.25) is 9.59 Å². The van der Waals surface area contributed by atoms with E-state index in [1.807, 2.05) is 0 Å². The van der Waals surface area contributed by atoms with Gasteiger partial charge < -0.3 is 10.6 Å². The van der Waals surface area contributed by atoms with E-state index in [1.54, 1.807) is 0 Å². The molecule has 0 bridgehead atoms. The van der Waals surface area contributed by atoms with E-state index in [4.69, 9.17) is 11.6 Å². The number of hydrogen-bond donors (Lipinski definition) is 2. The minimum atomic E-state index is -0.902. The predicted molar refractivity (Wildman–Crippen MR) is 78.7 cm³/mol. The van der Waals surface area contributed by atoms with Gasteiger partial charge in [0.15, 0.2) is 0 Å². The molecule has 120 valence electrons. The Hall–Kier alpha value is -2.54. The number of rotatable bonds is 4. The van der Waals surface area contributed by atoms with Gasteiger partial charge in [-0.1, -0.05) is 11.6 Å². The molecule has 4 nitrogen and oxygen atoms in total. The van der Waals surface area contributed by atoms with Gasteiger partial charge in [-0.05, 0) is 30.3 Å². The molecule has 0 atom stereocenters. The number of benzene rings is 2. The summed E-state index contributed by atoms with van der Waals surface area (Å²) in [5, 5.41) is 4.43. The van der Waals surface area contributed by atoms with Gasteiger partial charge in [-0.2, -0.15) is 0 Å². The first-order valence-corrected chi connectivity index (χ1v) is 6.72. The van der Waals surface area contributed by atoms with Gasteiger partial charge in [0.2, 0.25) is 5.91 Å². The van der Waals surface area contributed by atoms with Gasteiger partial charge in [0, 0.05) is 17.3 Å². The summed E-state index contributed by atoms with van der Waals surface area (Å²) in [6, 6.07) is 5.89. The van der Waals surface area contributed by atoms with E-state index >= 15 is 0 Å². The van der Waals surface area contributed by atoms with Gasteiger partial charge in [0.05, 0.1) is 11.6 Å². The molecule has 2 N–H and O–H groups in total. The zero-order chi connectivity index (χ0) is 17.0. The molecule has 0 aliphatic carbocycles. The standard InChI is InChI=1S/C15H10ClF3N2O2/c16-12-6-11(1-2-13(12)19)21-14(22)7-20-15(23)8-3-9(17)5-10(18)4-8/h1-6H,7H2,(H,20,23)(H,21,22). The third kappa shape index (κ3) is 4.72. The SMILES string of the molecule is O=C(CNC(=O)c1cc(F)cc(F)c1)Nc1ccc(F)c(Cl)c1. The maximum Gasteiger partial charge on any atom is 0.251 e. The van der Waals surface area contributed by atoms with Crippen molar-refractivity contribution in [1.29, 1.82) is 0 Å². The second-order valence-corrected chi connectivity index (χ2v) is 4.93. The van der Waals surface area contributed by atoms with Crippen molar-refractivity contribution < 1.29 is 22.8 Å². The number of hydrogen-bond acceptors (Lipinski definition) is 2. The van der Waals surface area contributed by atoms with Crippen molar-refractivity contribution in [3.05, 3.63) is 64.4 Å². The summed E-state index contributed by atoms with van der Waals surface area (Å²) in [4.78, 5) is 23.4. The van der Waals surface area contributed by atoms with Crippen molar-refractivity contribution in [2.24, 2.45) is 0 Å². The Morgan fingerprint density at radius 1 is 1.00 bits per heavy atom. The second kappa shape index (κ2) is 7.15. The Balaban J connectivity index is 1.93. The number of halogens is 4. The number of carbonyl (C=O) groups is 2. The Kier molecular flexibility index (Phi) is 5.23. The lowest BCUT2D eigenvalue weighted by molar-refractivity contribution is -0.115. The second-order valence-electron chi connectivity index (χ2n) is 4.52. The van der Waals surface area contributed by atoms with Gasteiger partial charge in [0.25, 0.3) is 5.91 Å². The van der Waals surface area contributed by atoms with E-state index in [9.17, 15) is 22.8 Å². The van der Waals surface area contributed by atoms with Crippen molar-refractivity contribution in [3.8, 4) is 0 Å². The van der Waals surface area contributed by atoms with Crippen molar-refractivity contribution in [1.82, 2.24) is 5.32 Å². The molecule has 0 saturated heterocycles. The van der Waals surface area contributed by atoms with Crippen LogP contribution in [0.4, 0.5) is 18.9 Å². The van der Waals surface area contributed by atoms with E-state index in [2.05, 4.69) is 10.6 Å². The van der Waals surface area contributed by atoms with Crippen LogP contribution in [0.15, 0.2) is 36.4 Å². The fourth-order valence-corrected chi connectivity index (χ4v) is 1.91. The normalized spacial score (nSPS) is 10.3. The number of nitrogens with one attached hydrogen (secondary N) is 2. The first-order chi connectivity index (χ1) is 10.8. The molecule has 2 rings (SSSR count). The molecule has 0 aromatic heterocycles. The fourth-order valence-electron chi connectivity index (χ4n) is 1.73. The van der Waals surface area contributed by atoms with Crippen molar-refractivity contribution in [2.75, 3.05) is 11.9 Å². The van der Waals surface area contributed by atoms with E-state index in [-0.39, 0.29) is 16.3 Å². The largest absolute Gasteiger partial charge is 0.343 e. The average molecular weight is 343 g/mol. The number of anilines is 1. The summed E-state index contributed by atoms with van der Waals surface area (Å²) < 4.78 is 39.0. The summed E-state index contributed by atoms with van der Waals surface area (Å²) in [6.45, 7) is -0.439. The molecule has 0 saturated carbocycles. The highest BCUT2D eigenvalue weighted by Crippen LogP contribution is 2.19. The maximum absolute atomic E-state index is 13.0. The molecule has 8 heteroatoms. The van der Waals surface area contributed by atoms with E-state index in [0.717, 1.165) is 18.2 Å². The highest BCUT2D eigenvalue weighted by atomic mass is 35.5. The Bertz CT molecular complexity index is 748. The summed E-state index contributed by atoms with van der Waals surface area (Å²) in [7, 11) is 0. The molecule has 0 heterocycles. The lowest BCUT2D eigenvalue weighted by Gasteiger charge is -2.08. The summed E-state index contributed by atoms with van der Waals surface area (Å²) >= 11 is 5.57. The Morgan fingerprint density at radius 2 is 1.65 bits per heavy atom. The third-order valence-corrected chi connectivity index (χ3v) is 3.03. The van der Waals surface area contributed by atoms with Crippen LogP contribution in [0.3, 0.4) is 0 Å². The van der Waals surface area contributed by atoms with Crippen molar-refractivity contribution in [2.45, 2.75) is 0 Å². The highest BCUT2D eigenvalue weighted by Gasteiger charge is 2.11. The third-order valence-electron chi connectivity index (χ3n) is 2.74. The highest BCUT2D eigenvalue weighted by molar-refractivity contribution is 6.31. The van der Waals surface area contributed by atoms with Gasteiger partial charge >= 0.3 is 0 Å². The Labute approximate surface area is 134 Å². The number of amides is 2. The van der Waals surface area contributed by atoms with Crippen LogP contribution in [0.2, 0.25) is 5.02 Å². The predicted octanol–water partition coefficient (Wildman–Crippen LogP) is 3.13. The molecule has 2 amide bonds. The van der Waals surface area contributed by atoms with Crippen molar-refractivity contribution >= 4 is 29.1 Å². The molecular weight excluding hydrogens is 333 g/mol. The topological polar surface area (TPSA) is 58.2 Å². The number of carbonyl (C=O) groups excluding carboxylic acids is 2. The van der Waals surface area contributed by atoms with Crippen LogP contribution < -0.4 is 10.6 Å². The lowest BCUT2D eigenvalue weighted by atomic mass is 10.2. The van der Waals surface area contributed by atoms with Gasteiger partial charge in [0.1, 0.15) is 17.5 Å². The van der Waals surface area contributed by atoms with E-state index in [0.29, 0.717) is 6.07 Å². The average Bonchev–Trinajstić information content (AvgIpc) is 2.47. The monoisotopic (exact) mass is 342 g/mol. The van der Waals surface area contributed by atoms with Gasteiger partial charge in [-0.25, -0.2) is 13.2 Å². The van der Waals surface area contributed by atoms with Crippen LogP contribution in [0.1, 0.15) is 10.4 Å². The molecule has 0 fully saturated rings. The molecule has 0 radical (unpaired) electrons. The molecule has 0 unspecified atom stereocenters. The molecular formula is C15H10ClF3N2O2. The zero-order valence-electron chi connectivity index (χ0n) is 11.5. The Morgan fingerprint density at radius 3 is 2.26 bits per heavy atom. The van der Waals surface area contributed by atoms with E-state index < -0.39 is 35.8 Å². The van der Waals surface area contributed by atoms with Gasteiger partial charge in [-0.15, -0.1) is 0 Å². The van der Waals surface area contributed by atoms with E-state index in [1.165, 1.54) is 12.1 Å². The van der Waals surface area contributed by atoms with Crippen LogP contribution in [0, 0.1) is 17.5 Å². The molecule has 23 heavy (non-hydrogen) atoms. The zero-order valence-corrected chi connectivity index (χ0v) is 12.3. The summed E-state index contributed by atoms with van der Waals surface area (Å²) in [6.07, 6.45) is 0. The summed E-state index contributed by atoms with van der Waals surface area (Å²) in [5.41, 5.74) is -0.00687. The molecule has 2 aromatic rings. The molecule has 0 spiro atoms. The molecule has 2 aromatic carbocycles. The minimum absolute atomic E-state index is 0.165. The quantitative estimate of drug-likeness (QED) is 0.897. The van der Waals surface area contributed by atoms with Crippen LogP contribution in [0.25, 0.3) is 0 Å². The smallest absolute Gasteiger partial charge is 0.251 e. The first kappa shape index (κ1) is 16.8. The van der Waals surface area contributed by atoms with Crippen LogP contribution in [0.5, 0.6) is 0 Å². The minimum Gasteiger partial charge on any atom is -0.343 e. The van der Waals surface area contributed by atoms with Crippen molar-refractivity contribution in [3.63, 3.8) is 0 Å². The molecule has 0 aliphatic rings. The lowest BCUT2D eigenvalue weighted by Crippen LogP contribution is -2.33. The summed E-state index contributed by atoms with van der Waals surface area (Å²) in [5.74, 6) is -3.86. The van der Waals surface area contributed by atoms with Crippen LogP contribution in [-0.4, -0.2) is 18.4 Å². The van der Waals surface area contributed by atoms with Crippen LogP contribution >= 0.6 is 11.6 Å². The fraction of sp³-hybridized carbons (Fsp3) is 0.0667. The first-order valence-electron chi connectivity index (χ1n) is 6.34.